The van der Waals surface area contributed by atoms with E-state index in [2.05, 4.69) is 33.0 Å². The van der Waals surface area contributed by atoms with E-state index >= 15 is 0 Å². The Bertz CT molecular complexity index is 240. The lowest BCUT2D eigenvalue weighted by atomic mass is 9.77. The molecule has 3 nitrogen and oxygen atoms in total. The van der Waals surface area contributed by atoms with E-state index in [1.54, 1.807) is 0 Å². The van der Waals surface area contributed by atoms with Crippen molar-refractivity contribution in [3.05, 3.63) is 0 Å². The van der Waals surface area contributed by atoms with Crippen molar-refractivity contribution in [2.24, 2.45) is 5.92 Å². The van der Waals surface area contributed by atoms with Crippen LogP contribution in [0.1, 0.15) is 59.8 Å². The molecule has 1 aliphatic carbocycles. The predicted octanol–water partition coefficient (Wildman–Crippen LogP) is 3.38. The molecule has 0 aromatic rings. The van der Waals surface area contributed by atoms with Gasteiger partial charge in [-0.25, -0.2) is 0 Å². The Labute approximate surface area is 119 Å². The van der Waals surface area contributed by atoms with E-state index in [1.165, 1.54) is 32.1 Å². The van der Waals surface area contributed by atoms with Crippen LogP contribution in [0.2, 0.25) is 0 Å². The van der Waals surface area contributed by atoms with Gasteiger partial charge in [0.15, 0.2) is 0 Å². The Kier molecular flexibility index (Phi) is 6.78. The summed E-state index contributed by atoms with van der Waals surface area (Å²) in [6.07, 6.45) is 6.28. The SMILES string of the molecule is CCC1CCC(CNC)(OCCOC(C)(C)C)CC1. The van der Waals surface area contributed by atoms with Crippen molar-refractivity contribution in [1.29, 1.82) is 0 Å². The van der Waals surface area contributed by atoms with Crippen molar-refractivity contribution < 1.29 is 9.47 Å². The van der Waals surface area contributed by atoms with Gasteiger partial charge in [0.25, 0.3) is 0 Å². The molecular weight excluding hydrogens is 238 g/mol. The monoisotopic (exact) mass is 271 g/mol. The number of likely N-dealkylation sites (N-methyl/N-ethyl adjacent to an activating group) is 1. The van der Waals surface area contributed by atoms with Gasteiger partial charge >= 0.3 is 0 Å². The lowest BCUT2D eigenvalue weighted by molar-refractivity contribution is -0.109. The lowest BCUT2D eigenvalue weighted by Crippen LogP contribution is -2.45. The van der Waals surface area contributed by atoms with Gasteiger partial charge in [-0.3, -0.25) is 0 Å². The summed E-state index contributed by atoms with van der Waals surface area (Å²) in [5, 5.41) is 3.30. The van der Waals surface area contributed by atoms with Crippen LogP contribution >= 0.6 is 0 Å². The zero-order valence-electron chi connectivity index (χ0n) is 13.6. The van der Waals surface area contributed by atoms with E-state index in [-0.39, 0.29) is 11.2 Å². The lowest BCUT2D eigenvalue weighted by Gasteiger charge is -2.40. The number of ether oxygens (including phenoxy) is 2. The smallest absolute Gasteiger partial charge is 0.0807 e. The molecule has 1 aliphatic rings. The van der Waals surface area contributed by atoms with E-state index < -0.39 is 0 Å². The van der Waals surface area contributed by atoms with Crippen LogP contribution in [-0.2, 0) is 9.47 Å². The zero-order valence-corrected chi connectivity index (χ0v) is 13.6. The molecule has 114 valence electrons. The maximum atomic E-state index is 6.21. The van der Waals surface area contributed by atoms with Crippen LogP contribution in [0.5, 0.6) is 0 Å². The normalized spacial score (nSPS) is 28.6. The highest BCUT2D eigenvalue weighted by molar-refractivity contribution is 4.88. The highest BCUT2D eigenvalue weighted by Gasteiger charge is 2.35. The van der Waals surface area contributed by atoms with Gasteiger partial charge in [-0.1, -0.05) is 13.3 Å². The topological polar surface area (TPSA) is 30.5 Å². The van der Waals surface area contributed by atoms with Gasteiger partial charge in [0.05, 0.1) is 24.4 Å². The second kappa shape index (κ2) is 7.61. The van der Waals surface area contributed by atoms with Crippen LogP contribution in [0, 0.1) is 5.92 Å². The molecule has 19 heavy (non-hydrogen) atoms. The molecule has 0 aromatic carbocycles. The number of rotatable bonds is 7. The fourth-order valence-corrected chi connectivity index (χ4v) is 2.91. The number of hydrogen-bond acceptors (Lipinski definition) is 3. The van der Waals surface area contributed by atoms with Crippen LogP contribution in [0.15, 0.2) is 0 Å². The van der Waals surface area contributed by atoms with Gasteiger partial charge in [-0.05, 0) is 59.4 Å². The molecule has 0 bridgehead atoms. The highest BCUT2D eigenvalue weighted by atomic mass is 16.5. The Morgan fingerprint density at radius 3 is 2.26 bits per heavy atom. The van der Waals surface area contributed by atoms with Crippen LogP contribution in [-0.4, -0.2) is 38.0 Å². The van der Waals surface area contributed by atoms with Gasteiger partial charge in [0.1, 0.15) is 0 Å². The van der Waals surface area contributed by atoms with Crippen molar-refractivity contribution >= 4 is 0 Å². The first kappa shape index (κ1) is 16.9. The van der Waals surface area contributed by atoms with Gasteiger partial charge in [0.2, 0.25) is 0 Å². The molecule has 1 saturated carbocycles. The van der Waals surface area contributed by atoms with Gasteiger partial charge in [-0.15, -0.1) is 0 Å². The average molecular weight is 271 g/mol. The fraction of sp³-hybridized carbons (Fsp3) is 1.00. The van der Waals surface area contributed by atoms with Crippen molar-refractivity contribution in [3.8, 4) is 0 Å². The molecule has 3 heteroatoms. The third-order valence-corrected chi connectivity index (χ3v) is 4.12. The van der Waals surface area contributed by atoms with Gasteiger partial charge in [0, 0.05) is 6.54 Å². The Balaban J connectivity index is 2.36. The molecule has 0 unspecified atom stereocenters. The second-order valence-corrected chi connectivity index (χ2v) is 6.87. The Morgan fingerprint density at radius 1 is 1.16 bits per heavy atom. The molecule has 1 rings (SSSR count). The van der Waals surface area contributed by atoms with Crippen LogP contribution < -0.4 is 5.32 Å². The first-order valence-electron chi connectivity index (χ1n) is 7.83. The van der Waals surface area contributed by atoms with E-state index in [9.17, 15) is 0 Å². The molecule has 0 aliphatic heterocycles. The Morgan fingerprint density at radius 2 is 1.79 bits per heavy atom. The standard InChI is InChI=1S/C16H33NO2/c1-6-14-7-9-16(10-8-14,13-17-5)19-12-11-18-15(2,3)4/h14,17H,6-13H2,1-5H3. The van der Waals surface area contributed by atoms with Crippen molar-refractivity contribution in [2.75, 3.05) is 26.8 Å². The van der Waals surface area contributed by atoms with E-state index in [4.69, 9.17) is 9.47 Å². The summed E-state index contributed by atoms with van der Waals surface area (Å²) in [5.41, 5.74) is -0.0267. The van der Waals surface area contributed by atoms with Crippen molar-refractivity contribution in [1.82, 2.24) is 5.32 Å². The molecule has 0 heterocycles. The molecule has 0 amide bonds. The summed E-state index contributed by atoms with van der Waals surface area (Å²) in [4.78, 5) is 0. The molecule has 1 fully saturated rings. The molecular formula is C16H33NO2. The molecule has 0 aromatic heterocycles. The molecule has 0 radical (unpaired) electrons. The first-order valence-corrected chi connectivity index (χ1v) is 7.83. The average Bonchev–Trinajstić information content (AvgIpc) is 2.35. The summed E-state index contributed by atoms with van der Waals surface area (Å²) in [7, 11) is 2.02. The summed E-state index contributed by atoms with van der Waals surface area (Å²) in [6, 6.07) is 0. The first-order chi connectivity index (χ1) is 8.91. The summed E-state index contributed by atoms with van der Waals surface area (Å²) in [6.45, 7) is 10.9. The third kappa shape index (κ3) is 6.24. The maximum absolute atomic E-state index is 6.21. The van der Waals surface area contributed by atoms with E-state index in [0.29, 0.717) is 13.2 Å². The summed E-state index contributed by atoms with van der Waals surface area (Å²) in [5.74, 6) is 0.902. The largest absolute Gasteiger partial charge is 0.373 e. The molecule has 1 N–H and O–H groups in total. The number of nitrogens with one attached hydrogen (secondary N) is 1. The Hall–Kier alpha value is -0.120. The fourth-order valence-electron chi connectivity index (χ4n) is 2.91. The maximum Gasteiger partial charge on any atom is 0.0807 e. The second-order valence-electron chi connectivity index (χ2n) is 6.87. The van der Waals surface area contributed by atoms with E-state index in [1.807, 2.05) is 7.05 Å². The minimum Gasteiger partial charge on any atom is -0.373 e. The van der Waals surface area contributed by atoms with Gasteiger partial charge in [-0.2, -0.15) is 0 Å². The third-order valence-electron chi connectivity index (χ3n) is 4.12. The number of hydrogen-bond donors (Lipinski definition) is 1. The van der Waals surface area contributed by atoms with E-state index in [0.717, 1.165) is 12.5 Å². The summed E-state index contributed by atoms with van der Waals surface area (Å²) >= 11 is 0. The highest BCUT2D eigenvalue weighted by Crippen LogP contribution is 2.35. The van der Waals surface area contributed by atoms with Gasteiger partial charge < -0.3 is 14.8 Å². The quantitative estimate of drug-likeness (QED) is 0.720. The molecule has 0 atom stereocenters. The zero-order chi connectivity index (χ0) is 14.4. The van der Waals surface area contributed by atoms with Crippen molar-refractivity contribution in [2.45, 2.75) is 71.0 Å². The van der Waals surface area contributed by atoms with Crippen LogP contribution in [0.3, 0.4) is 0 Å². The summed E-state index contributed by atoms with van der Waals surface area (Å²) < 4.78 is 12.0. The molecule has 0 spiro atoms. The minimum atomic E-state index is -0.0700. The minimum absolute atomic E-state index is 0.0433. The molecule has 0 saturated heterocycles. The van der Waals surface area contributed by atoms with Crippen molar-refractivity contribution in [3.63, 3.8) is 0 Å². The van der Waals surface area contributed by atoms with Crippen LogP contribution in [0.25, 0.3) is 0 Å². The predicted molar refractivity (Wildman–Crippen MR) is 80.6 cm³/mol. The van der Waals surface area contributed by atoms with Crippen LogP contribution in [0.4, 0.5) is 0 Å².